The normalized spacial score (nSPS) is 11.7. The Morgan fingerprint density at radius 2 is 1.69 bits per heavy atom. The van der Waals surface area contributed by atoms with Crippen LogP contribution in [0.1, 0.15) is 59.0 Å². The third-order valence-electron chi connectivity index (χ3n) is 6.57. The molecule has 3 rings (SSSR count). The van der Waals surface area contributed by atoms with Crippen molar-refractivity contribution in [1.29, 1.82) is 5.26 Å². The van der Waals surface area contributed by atoms with E-state index in [1.54, 1.807) is 36.6 Å². The summed E-state index contributed by atoms with van der Waals surface area (Å²) in [5, 5.41) is 9.60. The Morgan fingerprint density at radius 3 is 2.28 bits per heavy atom. The van der Waals surface area contributed by atoms with Gasteiger partial charge >= 0.3 is 12.6 Å². The lowest BCUT2D eigenvalue weighted by Crippen LogP contribution is -2.16. The molecule has 0 bridgehead atoms. The van der Waals surface area contributed by atoms with Gasteiger partial charge in [0.25, 0.3) is 0 Å². The summed E-state index contributed by atoms with van der Waals surface area (Å²) in [6.45, 7) is 9.17. The second kappa shape index (κ2) is 12.6. The van der Waals surface area contributed by atoms with Crippen LogP contribution in [-0.2, 0) is 16.1 Å². The summed E-state index contributed by atoms with van der Waals surface area (Å²) >= 11 is 0. The van der Waals surface area contributed by atoms with Crippen molar-refractivity contribution in [3.05, 3.63) is 75.9 Å². The molecule has 7 nitrogen and oxygen atoms in total. The molecule has 39 heavy (non-hydrogen) atoms. The molecular formula is C30H33F2N3O4. The fraction of sp³-hybridized carbons (Fsp3) is 0.367. The summed E-state index contributed by atoms with van der Waals surface area (Å²) < 4.78 is 38.4. The Hall–Kier alpha value is -4.19. The summed E-state index contributed by atoms with van der Waals surface area (Å²) in [6.07, 6.45) is 2.50. The molecule has 0 radical (unpaired) electrons. The number of nitrogens with zero attached hydrogens (tertiary/aromatic N) is 3. The summed E-state index contributed by atoms with van der Waals surface area (Å²) in [4.78, 5) is 25.6. The number of carbonyl (C=O) groups excluding carboxylic acids is 2. The zero-order valence-electron chi connectivity index (χ0n) is 23.0. The number of aryl methyl sites for hydroxylation is 2. The fourth-order valence-corrected chi connectivity index (χ4v) is 4.50. The highest BCUT2D eigenvalue weighted by atomic mass is 19.3. The minimum absolute atomic E-state index is 0.0262. The smallest absolute Gasteiger partial charge is 0.387 e. The van der Waals surface area contributed by atoms with Gasteiger partial charge in [0, 0.05) is 40.6 Å². The van der Waals surface area contributed by atoms with Crippen LogP contribution in [0.5, 0.6) is 5.75 Å². The second-order valence-electron chi connectivity index (χ2n) is 9.82. The van der Waals surface area contributed by atoms with Crippen molar-refractivity contribution in [2.45, 2.75) is 61.1 Å². The van der Waals surface area contributed by atoms with Crippen molar-refractivity contribution in [3.8, 4) is 17.5 Å². The molecule has 206 valence electrons. The molecule has 0 aliphatic carbocycles. The predicted molar refractivity (Wildman–Crippen MR) is 144 cm³/mol. The van der Waals surface area contributed by atoms with Crippen molar-refractivity contribution in [3.63, 3.8) is 0 Å². The van der Waals surface area contributed by atoms with E-state index in [1.165, 1.54) is 18.2 Å². The monoisotopic (exact) mass is 537 g/mol. The standard InChI is InChI=1S/C30H33F2N3O4/c1-18(2)11-12-34-19(3)13-23(21(34)5)15-24(16-33)29(37)38-17-28(36)27-14-20(4)35(22(27)6)25-7-9-26(10-8-25)39-30(31)32/h7-10,13-15,18,30H,11-12,17H2,1-6H3/b24-15+. The largest absolute Gasteiger partial charge is 0.453 e. The minimum atomic E-state index is -2.92. The Bertz CT molecular complexity index is 1420. The van der Waals surface area contributed by atoms with Crippen LogP contribution in [0.3, 0.4) is 0 Å². The maximum atomic E-state index is 12.9. The van der Waals surface area contributed by atoms with Gasteiger partial charge in [0.15, 0.2) is 6.61 Å². The van der Waals surface area contributed by atoms with Crippen LogP contribution in [0.25, 0.3) is 11.8 Å². The summed E-state index contributed by atoms with van der Waals surface area (Å²) in [5.74, 6) is -0.728. The van der Waals surface area contributed by atoms with E-state index in [1.807, 2.05) is 26.0 Å². The minimum Gasteiger partial charge on any atom is -0.453 e. The van der Waals surface area contributed by atoms with Crippen molar-refractivity contribution in [2.24, 2.45) is 5.92 Å². The molecule has 0 aliphatic heterocycles. The molecule has 2 aromatic heterocycles. The van der Waals surface area contributed by atoms with Crippen molar-refractivity contribution in [2.75, 3.05) is 6.61 Å². The number of hydrogen-bond donors (Lipinski definition) is 0. The summed E-state index contributed by atoms with van der Waals surface area (Å²) in [6, 6.07) is 11.5. The van der Waals surface area contributed by atoms with Crippen LogP contribution < -0.4 is 4.74 Å². The fourth-order valence-electron chi connectivity index (χ4n) is 4.50. The second-order valence-corrected chi connectivity index (χ2v) is 9.82. The first-order valence-electron chi connectivity index (χ1n) is 12.7. The van der Waals surface area contributed by atoms with Gasteiger partial charge in [-0.15, -0.1) is 0 Å². The number of rotatable bonds is 11. The first-order chi connectivity index (χ1) is 18.4. The number of halogens is 2. The highest BCUT2D eigenvalue weighted by molar-refractivity contribution is 6.02. The number of Topliss-reactive ketones (excluding diaryl/α,β-unsaturated/α-hetero) is 1. The summed E-state index contributed by atoms with van der Waals surface area (Å²) in [7, 11) is 0. The van der Waals surface area contributed by atoms with Gasteiger partial charge < -0.3 is 18.6 Å². The number of ether oxygens (including phenoxy) is 2. The van der Waals surface area contributed by atoms with Gasteiger partial charge in [-0.05, 0) is 88.1 Å². The van der Waals surface area contributed by atoms with Gasteiger partial charge in [-0.3, -0.25) is 4.79 Å². The Labute approximate surface area is 227 Å². The van der Waals surface area contributed by atoms with Gasteiger partial charge in [-0.2, -0.15) is 14.0 Å². The number of nitriles is 1. The molecule has 1 aromatic carbocycles. The number of hydrogen-bond acceptors (Lipinski definition) is 5. The molecule has 0 amide bonds. The van der Waals surface area contributed by atoms with Gasteiger partial charge in [-0.25, -0.2) is 4.79 Å². The van der Waals surface area contributed by atoms with Crippen molar-refractivity contribution < 1.29 is 27.8 Å². The van der Waals surface area contributed by atoms with E-state index in [0.29, 0.717) is 22.9 Å². The lowest BCUT2D eigenvalue weighted by molar-refractivity contribution is -0.137. The average Bonchev–Trinajstić information content (AvgIpc) is 3.32. The van der Waals surface area contributed by atoms with Crippen LogP contribution in [0, 0.1) is 44.9 Å². The predicted octanol–water partition coefficient (Wildman–Crippen LogP) is 6.49. The van der Waals surface area contributed by atoms with Crippen LogP contribution in [0.4, 0.5) is 8.78 Å². The molecule has 0 aliphatic rings. The van der Waals surface area contributed by atoms with E-state index in [9.17, 15) is 23.6 Å². The molecule has 9 heteroatoms. The van der Waals surface area contributed by atoms with Gasteiger partial charge in [0.2, 0.25) is 5.78 Å². The molecule has 0 spiro atoms. The lowest BCUT2D eigenvalue weighted by Gasteiger charge is -2.11. The quantitative estimate of drug-likeness (QED) is 0.121. The number of aromatic nitrogens is 2. The Morgan fingerprint density at radius 1 is 1.03 bits per heavy atom. The number of alkyl halides is 2. The molecule has 0 unspecified atom stereocenters. The summed E-state index contributed by atoms with van der Waals surface area (Å²) in [5.41, 5.74) is 4.88. The third kappa shape index (κ3) is 7.02. The van der Waals surface area contributed by atoms with Crippen LogP contribution >= 0.6 is 0 Å². The van der Waals surface area contributed by atoms with E-state index in [0.717, 1.165) is 35.6 Å². The molecule has 0 N–H and O–H groups in total. The van der Waals surface area contributed by atoms with Crippen LogP contribution in [-0.4, -0.2) is 34.1 Å². The zero-order chi connectivity index (χ0) is 28.9. The first-order valence-corrected chi connectivity index (χ1v) is 12.7. The SMILES string of the molecule is Cc1cc(/C=C(\C#N)C(=O)OCC(=O)c2cc(C)n(-c3ccc(OC(F)F)cc3)c2C)c(C)n1CCC(C)C. The highest BCUT2D eigenvalue weighted by Gasteiger charge is 2.20. The molecular weight excluding hydrogens is 504 g/mol. The molecule has 0 saturated heterocycles. The van der Waals surface area contributed by atoms with Gasteiger partial charge in [0.1, 0.15) is 17.4 Å². The lowest BCUT2D eigenvalue weighted by atomic mass is 10.1. The number of ketones is 1. The van der Waals surface area contributed by atoms with Crippen molar-refractivity contribution in [1.82, 2.24) is 9.13 Å². The van der Waals surface area contributed by atoms with E-state index < -0.39 is 25.0 Å². The van der Waals surface area contributed by atoms with Gasteiger partial charge in [0.05, 0.1) is 0 Å². The maximum absolute atomic E-state index is 12.9. The molecule has 0 atom stereocenters. The topological polar surface area (TPSA) is 86.2 Å². The van der Waals surface area contributed by atoms with E-state index in [-0.39, 0.29) is 11.3 Å². The van der Waals surface area contributed by atoms with Crippen LogP contribution in [0.2, 0.25) is 0 Å². The highest BCUT2D eigenvalue weighted by Crippen LogP contribution is 2.24. The zero-order valence-corrected chi connectivity index (χ0v) is 23.0. The van der Waals surface area contributed by atoms with Crippen molar-refractivity contribution >= 4 is 17.8 Å². The molecule has 0 saturated carbocycles. The number of carbonyl (C=O) groups is 2. The molecule has 0 fully saturated rings. The Balaban J connectivity index is 1.73. The molecule has 3 aromatic rings. The number of benzene rings is 1. The average molecular weight is 538 g/mol. The van der Waals surface area contributed by atoms with Gasteiger partial charge in [-0.1, -0.05) is 13.8 Å². The Kier molecular flexibility index (Phi) is 9.47. The number of esters is 1. The third-order valence-corrected chi connectivity index (χ3v) is 6.57. The van der Waals surface area contributed by atoms with E-state index in [2.05, 4.69) is 23.2 Å². The maximum Gasteiger partial charge on any atom is 0.387 e. The molecule has 2 heterocycles. The van der Waals surface area contributed by atoms with E-state index >= 15 is 0 Å². The first kappa shape index (κ1) is 29.4. The van der Waals surface area contributed by atoms with E-state index in [4.69, 9.17) is 4.74 Å². The van der Waals surface area contributed by atoms with Crippen LogP contribution in [0.15, 0.2) is 42.0 Å².